The van der Waals surface area contributed by atoms with Crippen LogP contribution < -0.4 is 15.4 Å². The Balaban J connectivity index is 1.49. The number of para-hydroxylation sites is 1. The van der Waals surface area contributed by atoms with Crippen LogP contribution >= 0.6 is 0 Å². The lowest BCUT2D eigenvalue weighted by molar-refractivity contribution is -0.115. The smallest absolute Gasteiger partial charge is 0.228 e. The SMILES string of the molecule is CCCCOc1ccc(CC(=O)Nc2ccc(Nc3ccccc3)cc2)cc1. The summed E-state index contributed by atoms with van der Waals surface area (Å²) >= 11 is 0. The Kier molecular flexibility index (Phi) is 7.08. The molecule has 0 saturated carbocycles. The molecular weight excluding hydrogens is 348 g/mol. The molecule has 0 atom stereocenters. The molecule has 0 unspecified atom stereocenters. The first-order chi connectivity index (χ1) is 13.7. The maximum Gasteiger partial charge on any atom is 0.228 e. The van der Waals surface area contributed by atoms with Crippen LogP contribution in [-0.4, -0.2) is 12.5 Å². The Hall–Kier alpha value is -3.27. The van der Waals surface area contributed by atoms with Gasteiger partial charge < -0.3 is 15.4 Å². The van der Waals surface area contributed by atoms with Gasteiger partial charge in [-0.3, -0.25) is 4.79 Å². The van der Waals surface area contributed by atoms with Gasteiger partial charge in [0.1, 0.15) is 5.75 Å². The lowest BCUT2D eigenvalue weighted by atomic mass is 10.1. The maximum absolute atomic E-state index is 12.3. The second-order valence-electron chi connectivity index (χ2n) is 6.64. The van der Waals surface area contributed by atoms with Gasteiger partial charge in [0.05, 0.1) is 13.0 Å². The lowest BCUT2D eigenvalue weighted by Crippen LogP contribution is -2.14. The van der Waals surface area contributed by atoms with Crippen LogP contribution in [0.15, 0.2) is 78.9 Å². The Morgan fingerprint density at radius 1 is 0.821 bits per heavy atom. The summed E-state index contributed by atoms with van der Waals surface area (Å²) in [7, 11) is 0. The van der Waals surface area contributed by atoms with Crippen molar-refractivity contribution in [2.75, 3.05) is 17.2 Å². The van der Waals surface area contributed by atoms with Crippen LogP contribution in [0.25, 0.3) is 0 Å². The third-order valence-electron chi connectivity index (χ3n) is 4.29. The minimum Gasteiger partial charge on any atom is -0.494 e. The molecule has 0 aromatic heterocycles. The van der Waals surface area contributed by atoms with Crippen LogP contribution in [0.3, 0.4) is 0 Å². The molecule has 4 nitrogen and oxygen atoms in total. The summed E-state index contributed by atoms with van der Waals surface area (Å²) in [6, 6.07) is 25.4. The van der Waals surface area contributed by atoms with Gasteiger partial charge in [-0.1, -0.05) is 43.7 Å². The molecule has 0 heterocycles. The van der Waals surface area contributed by atoms with E-state index in [1.54, 1.807) is 0 Å². The zero-order chi connectivity index (χ0) is 19.6. The van der Waals surface area contributed by atoms with E-state index < -0.39 is 0 Å². The average molecular weight is 374 g/mol. The van der Waals surface area contributed by atoms with E-state index in [0.717, 1.165) is 47.8 Å². The Morgan fingerprint density at radius 2 is 1.46 bits per heavy atom. The Labute approximate surface area is 166 Å². The average Bonchev–Trinajstić information content (AvgIpc) is 2.72. The van der Waals surface area contributed by atoms with Gasteiger partial charge in [0.2, 0.25) is 5.91 Å². The van der Waals surface area contributed by atoms with E-state index in [1.807, 2.05) is 78.9 Å². The number of unbranched alkanes of at least 4 members (excludes halogenated alkanes) is 1. The fourth-order valence-corrected chi connectivity index (χ4v) is 2.75. The lowest BCUT2D eigenvalue weighted by Gasteiger charge is -2.09. The van der Waals surface area contributed by atoms with Gasteiger partial charge in [0.15, 0.2) is 0 Å². The van der Waals surface area contributed by atoms with Crippen molar-refractivity contribution >= 4 is 23.0 Å². The highest BCUT2D eigenvalue weighted by Gasteiger charge is 2.05. The Bertz CT molecular complexity index is 859. The van der Waals surface area contributed by atoms with Crippen molar-refractivity contribution in [3.05, 3.63) is 84.4 Å². The molecule has 28 heavy (non-hydrogen) atoms. The first kappa shape index (κ1) is 19.5. The quantitative estimate of drug-likeness (QED) is 0.466. The number of rotatable bonds is 9. The minimum atomic E-state index is -0.0385. The van der Waals surface area contributed by atoms with Crippen LogP contribution in [0.5, 0.6) is 5.75 Å². The van der Waals surface area contributed by atoms with Gasteiger partial charge in [0, 0.05) is 17.1 Å². The number of hydrogen-bond donors (Lipinski definition) is 2. The van der Waals surface area contributed by atoms with Crippen molar-refractivity contribution in [3.8, 4) is 5.75 Å². The summed E-state index contributed by atoms with van der Waals surface area (Å²) in [5.41, 5.74) is 3.75. The predicted octanol–water partition coefficient (Wildman–Crippen LogP) is 5.79. The molecule has 4 heteroatoms. The molecule has 1 amide bonds. The highest BCUT2D eigenvalue weighted by atomic mass is 16.5. The predicted molar refractivity (Wildman–Crippen MR) is 115 cm³/mol. The second-order valence-corrected chi connectivity index (χ2v) is 6.64. The first-order valence-corrected chi connectivity index (χ1v) is 9.66. The summed E-state index contributed by atoms with van der Waals surface area (Å²) in [6.45, 7) is 2.86. The summed E-state index contributed by atoms with van der Waals surface area (Å²) < 4.78 is 5.65. The summed E-state index contributed by atoms with van der Waals surface area (Å²) in [5.74, 6) is 0.808. The maximum atomic E-state index is 12.3. The number of amides is 1. The number of carbonyl (C=O) groups excluding carboxylic acids is 1. The Morgan fingerprint density at radius 3 is 2.14 bits per heavy atom. The molecule has 3 aromatic rings. The van der Waals surface area contributed by atoms with Crippen LogP contribution in [0.2, 0.25) is 0 Å². The van der Waals surface area contributed by atoms with Gasteiger partial charge >= 0.3 is 0 Å². The third-order valence-corrected chi connectivity index (χ3v) is 4.29. The molecule has 0 saturated heterocycles. The standard InChI is InChI=1S/C24H26N2O2/c1-2-3-17-28-23-15-9-19(10-16-23)18-24(27)26-22-13-11-21(12-14-22)25-20-7-5-4-6-8-20/h4-16,25H,2-3,17-18H2,1H3,(H,26,27). The highest BCUT2D eigenvalue weighted by molar-refractivity contribution is 5.92. The van der Waals surface area contributed by atoms with Gasteiger partial charge in [0.25, 0.3) is 0 Å². The number of hydrogen-bond acceptors (Lipinski definition) is 3. The van der Waals surface area contributed by atoms with Crippen LogP contribution in [0.1, 0.15) is 25.3 Å². The summed E-state index contributed by atoms with van der Waals surface area (Å²) in [4.78, 5) is 12.3. The molecule has 0 radical (unpaired) electrons. The fraction of sp³-hybridized carbons (Fsp3) is 0.208. The topological polar surface area (TPSA) is 50.4 Å². The zero-order valence-electron chi connectivity index (χ0n) is 16.2. The van der Waals surface area contributed by atoms with Crippen molar-refractivity contribution in [2.24, 2.45) is 0 Å². The minimum absolute atomic E-state index is 0.0385. The molecule has 0 fully saturated rings. The summed E-state index contributed by atoms with van der Waals surface area (Å²) in [6.07, 6.45) is 2.49. The van der Waals surface area contributed by atoms with E-state index in [0.29, 0.717) is 6.42 Å². The van der Waals surface area contributed by atoms with E-state index in [-0.39, 0.29) is 5.91 Å². The van der Waals surface area contributed by atoms with E-state index in [1.165, 1.54) is 0 Å². The van der Waals surface area contributed by atoms with Crippen LogP contribution in [0.4, 0.5) is 17.1 Å². The number of ether oxygens (including phenoxy) is 1. The second kappa shape index (κ2) is 10.2. The fourth-order valence-electron chi connectivity index (χ4n) is 2.75. The highest BCUT2D eigenvalue weighted by Crippen LogP contribution is 2.19. The van der Waals surface area contributed by atoms with Gasteiger partial charge in [-0.05, 0) is 60.5 Å². The molecular formula is C24H26N2O2. The van der Waals surface area contributed by atoms with Crippen molar-refractivity contribution in [3.63, 3.8) is 0 Å². The largest absolute Gasteiger partial charge is 0.494 e. The van der Waals surface area contributed by atoms with E-state index in [2.05, 4.69) is 17.6 Å². The number of benzene rings is 3. The van der Waals surface area contributed by atoms with E-state index >= 15 is 0 Å². The van der Waals surface area contributed by atoms with E-state index in [4.69, 9.17) is 4.74 Å². The summed E-state index contributed by atoms with van der Waals surface area (Å²) in [5, 5.41) is 6.26. The van der Waals surface area contributed by atoms with Gasteiger partial charge in [-0.2, -0.15) is 0 Å². The van der Waals surface area contributed by atoms with Crippen molar-refractivity contribution < 1.29 is 9.53 Å². The molecule has 0 aliphatic carbocycles. The van der Waals surface area contributed by atoms with Gasteiger partial charge in [-0.25, -0.2) is 0 Å². The zero-order valence-corrected chi connectivity index (χ0v) is 16.2. The van der Waals surface area contributed by atoms with Gasteiger partial charge in [-0.15, -0.1) is 0 Å². The molecule has 2 N–H and O–H groups in total. The molecule has 3 rings (SSSR count). The molecule has 0 aliphatic rings. The van der Waals surface area contributed by atoms with Crippen molar-refractivity contribution in [2.45, 2.75) is 26.2 Å². The monoisotopic (exact) mass is 374 g/mol. The van der Waals surface area contributed by atoms with Crippen molar-refractivity contribution in [1.29, 1.82) is 0 Å². The number of nitrogens with one attached hydrogen (secondary N) is 2. The third kappa shape index (κ3) is 6.16. The molecule has 0 aliphatic heterocycles. The number of carbonyl (C=O) groups is 1. The van der Waals surface area contributed by atoms with Crippen LogP contribution in [-0.2, 0) is 11.2 Å². The molecule has 0 spiro atoms. The van der Waals surface area contributed by atoms with E-state index in [9.17, 15) is 4.79 Å². The molecule has 144 valence electrons. The first-order valence-electron chi connectivity index (χ1n) is 9.66. The molecule has 3 aromatic carbocycles. The normalized spacial score (nSPS) is 10.3. The number of anilines is 3. The van der Waals surface area contributed by atoms with Crippen LogP contribution in [0, 0.1) is 0 Å². The van der Waals surface area contributed by atoms with Crippen molar-refractivity contribution in [1.82, 2.24) is 0 Å². The molecule has 0 bridgehead atoms.